The van der Waals surface area contributed by atoms with Crippen LogP contribution >= 0.6 is 0 Å². The van der Waals surface area contributed by atoms with E-state index in [-0.39, 0.29) is 5.60 Å². The third-order valence-corrected chi connectivity index (χ3v) is 3.70. The predicted octanol–water partition coefficient (Wildman–Crippen LogP) is 2.39. The third-order valence-electron chi connectivity index (χ3n) is 3.70. The number of hydrogen-bond donors (Lipinski definition) is 2. The van der Waals surface area contributed by atoms with E-state index >= 15 is 0 Å². The largest absolute Gasteiger partial charge is 0.496 e. The molecule has 0 aliphatic heterocycles. The number of nitrogens with zero attached hydrogens (tertiary/aromatic N) is 1. The van der Waals surface area contributed by atoms with Crippen molar-refractivity contribution in [3.8, 4) is 5.75 Å². The van der Waals surface area contributed by atoms with E-state index in [4.69, 9.17) is 9.47 Å². The zero-order valence-electron chi connectivity index (χ0n) is 14.6. The van der Waals surface area contributed by atoms with E-state index in [1.165, 1.54) is 5.56 Å². The Morgan fingerprint density at radius 2 is 1.91 bits per heavy atom. The first kappa shape index (κ1) is 18.3. The Labute approximate surface area is 134 Å². The van der Waals surface area contributed by atoms with Crippen LogP contribution in [0, 0.1) is 0 Å². The van der Waals surface area contributed by atoms with Gasteiger partial charge < -0.3 is 20.1 Å². The fraction of sp³-hybridized carbons (Fsp3) is 0.588. The van der Waals surface area contributed by atoms with Crippen LogP contribution < -0.4 is 15.4 Å². The van der Waals surface area contributed by atoms with E-state index < -0.39 is 0 Å². The molecule has 0 saturated heterocycles. The second-order valence-corrected chi connectivity index (χ2v) is 5.91. The van der Waals surface area contributed by atoms with E-state index in [0.717, 1.165) is 18.3 Å². The van der Waals surface area contributed by atoms with Crippen LogP contribution in [-0.4, -0.2) is 45.9 Å². The summed E-state index contributed by atoms with van der Waals surface area (Å²) in [6, 6.07) is 8.09. The van der Waals surface area contributed by atoms with Crippen LogP contribution in [0.5, 0.6) is 5.75 Å². The van der Waals surface area contributed by atoms with Gasteiger partial charge in [0.1, 0.15) is 5.75 Å². The number of ether oxygens (including phenoxy) is 2. The first-order chi connectivity index (χ1) is 10.4. The van der Waals surface area contributed by atoms with Crippen LogP contribution in [-0.2, 0) is 4.74 Å². The van der Waals surface area contributed by atoms with E-state index in [2.05, 4.69) is 28.6 Å². The van der Waals surface area contributed by atoms with Crippen molar-refractivity contribution in [2.45, 2.75) is 32.3 Å². The molecule has 2 N–H and O–H groups in total. The Balaban J connectivity index is 2.56. The zero-order chi connectivity index (χ0) is 16.6. The van der Waals surface area contributed by atoms with Gasteiger partial charge in [-0.1, -0.05) is 25.1 Å². The van der Waals surface area contributed by atoms with E-state index in [0.29, 0.717) is 12.5 Å². The summed E-state index contributed by atoms with van der Waals surface area (Å²) < 4.78 is 10.8. The quantitative estimate of drug-likeness (QED) is 0.600. The van der Waals surface area contributed by atoms with E-state index in [1.807, 2.05) is 32.0 Å². The molecule has 1 rings (SSSR count). The van der Waals surface area contributed by atoms with Crippen LogP contribution in [0.4, 0.5) is 0 Å². The van der Waals surface area contributed by atoms with E-state index in [9.17, 15) is 0 Å². The van der Waals surface area contributed by atoms with Crippen molar-refractivity contribution in [3.63, 3.8) is 0 Å². The molecule has 22 heavy (non-hydrogen) atoms. The molecule has 5 nitrogen and oxygen atoms in total. The molecule has 0 fully saturated rings. The van der Waals surface area contributed by atoms with Crippen molar-refractivity contribution < 1.29 is 9.47 Å². The lowest BCUT2D eigenvalue weighted by Gasteiger charge is -2.25. The lowest BCUT2D eigenvalue weighted by atomic mass is 10.0. The maximum absolute atomic E-state index is 5.42. The highest BCUT2D eigenvalue weighted by Gasteiger charge is 2.17. The number of para-hydroxylation sites is 1. The smallest absolute Gasteiger partial charge is 0.191 e. The van der Waals surface area contributed by atoms with Crippen molar-refractivity contribution in [1.29, 1.82) is 0 Å². The number of methoxy groups -OCH3 is 2. The number of hydrogen-bond acceptors (Lipinski definition) is 3. The van der Waals surface area contributed by atoms with Crippen LogP contribution in [0.2, 0.25) is 0 Å². The predicted molar refractivity (Wildman–Crippen MR) is 91.9 cm³/mol. The molecule has 0 aliphatic rings. The van der Waals surface area contributed by atoms with Gasteiger partial charge in [-0.2, -0.15) is 0 Å². The van der Waals surface area contributed by atoms with Crippen LogP contribution in [0.25, 0.3) is 0 Å². The van der Waals surface area contributed by atoms with Crippen LogP contribution in [0.15, 0.2) is 29.3 Å². The summed E-state index contributed by atoms with van der Waals surface area (Å²) in [5.41, 5.74) is 0.955. The van der Waals surface area contributed by atoms with Crippen LogP contribution in [0.3, 0.4) is 0 Å². The van der Waals surface area contributed by atoms with Gasteiger partial charge in [0.05, 0.1) is 12.7 Å². The number of rotatable bonds is 7. The summed E-state index contributed by atoms with van der Waals surface area (Å²) in [6.07, 6.45) is 0. The molecule has 124 valence electrons. The average Bonchev–Trinajstić information content (AvgIpc) is 2.54. The average molecular weight is 307 g/mol. The van der Waals surface area contributed by atoms with Gasteiger partial charge in [-0.05, 0) is 25.5 Å². The molecule has 0 bridgehead atoms. The Bertz CT molecular complexity index is 487. The molecule has 0 amide bonds. The summed E-state index contributed by atoms with van der Waals surface area (Å²) in [7, 11) is 5.18. The first-order valence-electron chi connectivity index (χ1n) is 7.56. The van der Waals surface area contributed by atoms with Crippen molar-refractivity contribution in [3.05, 3.63) is 29.8 Å². The molecular formula is C17H29N3O2. The van der Waals surface area contributed by atoms with Gasteiger partial charge in [-0.3, -0.25) is 4.99 Å². The first-order valence-corrected chi connectivity index (χ1v) is 7.56. The topological polar surface area (TPSA) is 54.9 Å². The van der Waals surface area contributed by atoms with Crippen LogP contribution in [0.1, 0.15) is 32.3 Å². The maximum Gasteiger partial charge on any atom is 0.191 e. The van der Waals surface area contributed by atoms with Gasteiger partial charge in [0, 0.05) is 33.2 Å². The van der Waals surface area contributed by atoms with Gasteiger partial charge in [0.25, 0.3) is 0 Å². The van der Waals surface area contributed by atoms with Crippen molar-refractivity contribution >= 4 is 5.96 Å². The molecule has 0 saturated carbocycles. The summed E-state index contributed by atoms with van der Waals surface area (Å²) in [5, 5.41) is 6.62. The second kappa shape index (κ2) is 8.63. The molecule has 1 aromatic rings. The Morgan fingerprint density at radius 3 is 2.50 bits per heavy atom. The molecule has 0 heterocycles. The molecule has 1 unspecified atom stereocenters. The molecule has 1 aromatic carbocycles. The lowest BCUT2D eigenvalue weighted by molar-refractivity contribution is 0.0268. The molecule has 0 radical (unpaired) electrons. The highest BCUT2D eigenvalue weighted by molar-refractivity contribution is 5.79. The van der Waals surface area contributed by atoms with Crippen molar-refractivity contribution in [2.24, 2.45) is 4.99 Å². The maximum atomic E-state index is 5.42. The number of nitrogens with one attached hydrogen (secondary N) is 2. The standard InChI is InChI=1S/C17H29N3O2/c1-13(14-9-7-8-10-15(14)21-5)11-19-16(18-4)20-12-17(2,3)22-6/h7-10,13H,11-12H2,1-6H3,(H2,18,19,20). The van der Waals surface area contributed by atoms with Crippen molar-refractivity contribution in [2.75, 3.05) is 34.4 Å². The fourth-order valence-electron chi connectivity index (χ4n) is 2.02. The molecule has 1 atom stereocenters. The minimum Gasteiger partial charge on any atom is -0.496 e. The minimum atomic E-state index is -0.230. The normalized spacial score (nSPS) is 13.6. The molecule has 5 heteroatoms. The Morgan fingerprint density at radius 1 is 1.23 bits per heavy atom. The molecule has 0 spiro atoms. The Hall–Kier alpha value is -1.75. The number of aliphatic imine (C=N–C) groups is 1. The van der Waals surface area contributed by atoms with Gasteiger partial charge in [-0.25, -0.2) is 0 Å². The number of benzene rings is 1. The van der Waals surface area contributed by atoms with Gasteiger partial charge in [-0.15, -0.1) is 0 Å². The summed E-state index contributed by atoms with van der Waals surface area (Å²) >= 11 is 0. The molecule has 0 aliphatic carbocycles. The highest BCUT2D eigenvalue weighted by atomic mass is 16.5. The summed E-state index contributed by atoms with van der Waals surface area (Å²) in [5.74, 6) is 2.00. The monoisotopic (exact) mass is 307 g/mol. The number of guanidine groups is 1. The molecular weight excluding hydrogens is 278 g/mol. The third kappa shape index (κ3) is 5.56. The Kier molecular flexibility index (Phi) is 7.18. The van der Waals surface area contributed by atoms with E-state index in [1.54, 1.807) is 21.3 Å². The van der Waals surface area contributed by atoms with Gasteiger partial charge in [0.15, 0.2) is 5.96 Å². The summed E-state index contributed by atoms with van der Waals surface area (Å²) in [6.45, 7) is 7.69. The lowest BCUT2D eigenvalue weighted by Crippen LogP contribution is -2.46. The molecule has 0 aromatic heterocycles. The fourth-order valence-corrected chi connectivity index (χ4v) is 2.02. The highest BCUT2D eigenvalue weighted by Crippen LogP contribution is 2.25. The van der Waals surface area contributed by atoms with Crippen molar-refractivity contribution in [1.82, 2.24) is 10.6 Å². The summed E-state index contributed by atoms with van der Waals surface area (Å²) in [4.78, 5) is 4.24. The zero-order valence-corrected chi connectivity index (χ0v) is 14.6. The SMILES string of the molecule is CN=C(NCC(C)c1ccccc1OC)NCC(C)(C)OC. The van der Waals surface area contributed by atoms with Gasteiger partial charge >= 0.3 is 0 Å². The van der Waals surface area contributed by atoms with Gasteiger partial charge in [0.2, 0.25) is 0 Å². The second-order valence-electron chi connectivity index (χ2n) is 5.91. The minimum absolute atomic E-state index is 0.230.